The fraction of sp³-hybridized carbons (Fsp3) is 0.500. The largest absolute Gasteiger partial charge is 0.484 e. The number of anilines is 3. The van der Waals surface area contributed by atoms with Crippen LogP contribution in [0.4, 0.5) is 17.2 Å². The van der Waals surface area contributed by atoms with Crippen molar-refractivity contribution in [2.75, 3.05) is 62.7 Å². The summed E-state index contributed by atoms with van der Waals surface area (Å²) in [5.74, 6) is 2.31. The topological polar surface area (TPSA) is 70.2 Å². The molecule has 0 aliphatic carbocycles. The van der Waals surface area contributed by atoms with E-state index in [-0.39, 0.29) is 12.0 Å². The van der Waals surface area contributed by atoms with Crippen molar-refractivity contribution < 1.29 is 14.3 Å². The number of piperidine rings is 1. The number of ether oxygens (including phenoxy) is 2. The van der Waals surface area contributed by atoms with E-state index in [2.05, 4.69) is 52.9 Å². The Kier molecular flexibility index (Phi) is 6.31. The Labute approximate surface area is 212 Å². The number of likely N-dealkylation sites (tertiary alicyclic amines) is 2. The van der Waals surface area contributed by atoms with Crippen molar-refractivity contribution in [2.45, 2.75) is 37.8 Å². The molecule has 3 saturated heterocycles. The van der Waals surface area contributed by atoms with Crippen molar-refractivity contribution in [2.24, 2.45) is 0 Å². The molecule has 1 aromatic heterocycles. The third-order valence-electron chi connectivity index (χ3n) is 8.15. The molecule has 3 fully saturated rings. The summed E-state index contributed by atoms with van der Waals surface area (Å²) in [6.45, 7) is 12.7. The first-order chi connectivity index (χ1) is 17.6. The van der Waals surface area contributed by atoms with Crippen molar-refractivity contribution in [1.29, 1.82) is 0 Å². The summed E-state index contributed by atoms with van der Waals surface area (Å²) >= 11 is 0. The second kappa shape index (κ2) is 9.75. The quantitative estimate of drug-likeness (QED) is 0.657. The maximum absolute atomic E-state index is 11.8. The van der Waals surface area contributed by atoms with Crippen LogP contribution in [0.15, 0.2) is 43.1 Å². The number of fused-ring (bicyclic) bond motifs is 2. The van der Waals surface area contributed by atoms with Gasteiger partial charge in [-0.3, -0.25) is 9.69 Å². The van der Waals surface area contributed by atoms with Gasteiger partial charge < -0.3 is 24.6 Å². The average molecular weight is 490 g/mol. The Morgan fingerprint density at radius 3 is 2.67 bits per heavy atom. The summed E-state index contributed by atoms with van der Waals surface area (Å²) in [5.41, 5.74) is 4.62. The molecular formula is C28H35N5O3. The highest BCUT2D eigenvalue weighted by Gasteiger charge is 2.36. The minimum Gasteiger partial charge on any atom is -0.484 e. The van der Waals surface area contributed by atoms with Crippen molar-refractivity contribution >= 4 is 23.1 Å². The van der Waals surface area contributed by atoms with E-state index in [0.29, 0.717) is 12.0 Å². The van der Waals surface area contributed by atoms with E-state index in [1.165, 1.54) is 17.3 Å². The highest BCUT2D eigenvalue weighted by molar-refractivity contribution is 5.87. The number of carbonyl (C=O) groups excluding carboxylic acids is 1. The summed E-state index contributed by atoms with van der Waals surface area (Å²) in [5, 5.41) is 3.61. The number of morpholine rings is 1. The molecule has 0 bridgehead atoms. The molecule has 1 atom stereocenters. The van der Waals surface area contributed by atoms with E-state index >= 15 is 0 Å². The van der Waals surface area contributed by atoms with E-state index in [0.717, 1.165) is 88.1 Å². The molecule has 36 heavy (non-hydrogen) atoms. The van der Waals surface area contributed by atoms with Crippen LogP contribution in [0, 0.1) is 0 Å². The number of nitrogens with zero attached hydrogens (tertiary/aromatic N) is 4. The Hall–Kier alpha value is -3.10. The number of rotatable bonds is 4. The minimum atomic E-state index is -0.107. The van der Waals surface area contributed by atoms with Gasteiger partial charge in [-0.1, -0.05) is 12.6 Å². The maximum Gasteiger partial charge on any atom is 0.246 e. The first-order valence-corrected chi connectivity index (χ1v) is 13.2. The third kappa shape index (κ3) is 4.33. The van der Waals surface area contributed by atoms with Gasteiger partial charge in [-0.05, 0) is 68.6 Å². The van der Waals surface area contributed by atoms with E-state index in [4.69, 9.17) is 14.5 Å². The van der Waals surface area contributed by atoms with Gasteiger partial charge >= 0.3 is 0 Å². The number of hydrogen-bond acceptors (Lipinski definition) is 7. The Balaban J connectivity index is 1.16. The van der Waals surface area contributed by atoms with Crippen molar-refractivity contribution in [3.8, 4) is 5.75 Å². The molecule has 0 radical (unpaired) electrons. The lowest BCUT2D eigenvalue weighted by Crippen LogP contribution is -2.61. The average Bonchev–Trinajstić information content (AvgIpc) is 3.03. The van der Waals surface area contributed by atoms with Crippen LogP contribution in [0.2, 0.25) is 0 Å². The molecule has 1 N–H and O–H groups in total. The number of amides is 1. The summed E-state index contributed by atoms with van der Waals surface area (Å²) in [4.78, 5) is 23.3. The van der Waals surface area contributed by atoms with Crippen LogP contribution < -0.4 is 15.0 Å². The van der Waals surface area contributed by atoms with Crippen LogP contribution in [-0.2, 0) is 9.53 Å². The van der Waals surface area contributed by atoms with E-state index in [9.17, 15) is 4.79 Å². The smallest absolute Gasteiger partial charge is 0.246 e. The Bertz CT molecular complexity index is 1130. The van der Waals surface area contributed by atoms with Crippen LogP contribution in [0.5, 0.6) is 5.75 Å². The molecule has 1 amide bonds. The van der Waals surface area contributed by atoms with Gasteiger partial charge in [0.15, 0.2) is 0 Å². The molecule has 1 aromatic carbocycles. The molecule has 4 aliphatic rings. The zero-order chi connectivity index (χ0) is 24.6. The highest BCUT2D eigenvalue weighted by atomic mass is 16.5. The molecule has 6 rings (SSSR count). The number of pyridine rings is 1. The standard InChI is InChI=1S/C28H35N5O3/c1-3-26(34)33-17-22(18-33)31-10-7-20(8-11-31)21-4-5-25-23(16-21)30-28-27(19(2)36-25)24(6-9-29-28)32-12-14-35-15-13-32/h3-6,9,16,19-20,22H,1,7-8,10-15,17-18H2,2H3,(H,29,30). The van der Waals surface area contributed by atoms with Crippen molar-refractivity contribution in [3.05, 3.63) is 54.2 Å². The second-order valence-corrected chi connectivity index (χ2v) is 10.2. The van der Waals surface area contributed by atoms with E-state index < -0.39 is 0 Å². The van der Waals surface area contributed by atoms with E-state index in [1.807, 2.05) is 11.1 Å². The fourth-order valence-electron chi connectivity index (χ4n) is 6.02. The zero-order valence-corrected chi connectivity index (χ0v) is 21.0. The number of carbonyl (C=O) groups is 1. The van der Waals surface area contributed by atoms with Gasteiger partial charge in [-0.15, -0.1) is 0 Å². The molecule has 5 heterocycles. The predicted molar refractivity (Wildman–Crippen MR) is 140 cm³/mol. The lowest BCUT2D eigenvalue weighted by molar-refractivity contribution is -0.133. The SMILES string of the molecule is C=CC(=O)N1CC(N2CCC(c3ccc4c(c3)Nc3nccc(N5CCOCC5)c3C(C)O4)CC2)C1. The van der Waals surface area contributed by atoms with Gasteiger partial charge in [0.1, 0.15) is 17.7 Å². The van der Waals surface area contributed by atoms with Gasteiger partial charge in [0, 0.05) is 44.1 Å². The predicted octanol–water partition coefficient (Wildman–Crippen LogP) is 3.69. The summed E-state index contributed by atoms with van der Waals surface area (Å²) in [6.07, 6.45) is 5.44. The van der Waals surface area contributed by atoms with Gasteiger partial charge in [0.25, 0.3) is 0 Å². The van der Waals surface area contributed by atoms with Crippen LogP contribution >= 0.6 is 0 Å². The van der Waals surface area contributed by atoms with Gasteiger partial charge in [0.05, 0.1) is 24.5 Å². The zero-order valence-electron chi connectivity index (χ0n) is 21.0. The number of aromatic nitrogens is 1. The summed E-state index contributed by atoms with van der Waals surface area (Å²) in [6, 6.07) is 9.19. The number of hydrogen-bond donors (Lipinski definition) is 1. The van der Waals surface area contributed by atoms with Gasteiger partial charge in [-0.25, -0.2) is 4.98 Å². The van der Waals surface area contributed by atoms with E-state index in [1.54, 1.807) is 0 Å². The Morgan fingerprint density at radius 2 is 1.92 bits per heavy atom. The molecule has 0 saturated carbocycles. The monoisotopic (exact) mass is 489 g/mol. The number of benzene rings is 1. The highest BCUT2D eigenvalue weighted by Crippen LogP contribution is 2.43. The maximum atomic E-state index is 11.8. The molecule has 4 aliphatic heterocycles. The first kappa shape index (κ1) is 23.3. The van der Waals surface area contributed by atoms with Crippen molar-refractivity contribution in [3.63, 3.8) is 0 Å². The lowest BCUT2D eigenvalue weighted by Gasteiger charge is -2.47. The van der Waals surface area contributed by atoms with Crippen LogP contribution in [0.3, 0.4) is 0 Å². The minimum absolute atomic E-state index is 0.0447. The molecule has 190 valence electrons. The Morgan fingerprint density at radius 1 is 1.14 bits per heavy atom. The summed E-state index contributed by atoms with van der Waals surface area (Å²) in [7, 11) is 0. The first-order valence-electron chi connectivity index (χ1n) is 13.2. The third-order valence-corrected chi connectivity index (χ3v) is 8.15. The van der Waals surface area contributed by atoms with Crippen LogP contribution in [-0.4, -0.2) is 79.2 Å². The second-order valence-electron chi connectivity index (χ2n) is 10.2. The summed E-state index contributed by atoms with van der Waals surface area (Å²) < 4.78 is 12.0. The van der Waals surface area contributed by atoms with Crippen molar-refractivity contribution in [1.82, 2.24) is 14.8 Å². The molecule has 8 nitrogen and oxygen atoms in total. The van der Waals surface area contributed by atoms with Crippen LogP contribution in [0.25, 0.3) is 0 Å². The molecule has 1 unspecified atom stereocenters. The molecule has 8 heteroatoms. The molecule has 2 aromatic rings. The molecule has 0 spiro atoms. The van der Waals surface area contributed by atoms with Gasteiger partial charge in [0.2, 0.25) is 5.91 Å². The number of nitrogens with one attached hydrogen (secondary N) is 1. The lowest BCUT2D eigenvalue weighted by atomic mass is 9.88. The molecular weight excluding hydrogens is 454 g/mol. The fourth-order valence-corrected chi connectivity index (χ4v) is 6.02. The van der Waals surface area contributed by atoms with Gasteiger partial charge in [-0.2, -0.15) is 0 Å². The van der Waals surface area contributed by atoms with Crippen LogP contribution in [0.1, 0.15) is 42.9 Å². The normalized spacial score (nSPS) is 23.0.